The maximum absolute atomic E-state index is 15.0. The van der Waals surface area contributed by atoms with Gasteiger partial charge in [0.2, 0.25) is 0 Å². The number of nitrogens with zero attached hydrogens (tertiary/aromatic N) is 4. The quantitative estimate of drug-likeness (QED) is 0.0687. The zero-order valence-corrected chi connectivity index (χ0v) is 40.0. The molecule has 4 heterocycles. The second kappa shape index (κ2) is 20.8. The number of hydrogen-bond donors (Lipinski definition) is 0. The lowest BCUT2D eigenvalue weighted by molar-refractivity contribution is -0.191. The van der Waals surface area contributed by atoms with Gasteiger partial charge in [0.15, 0.2) is 11.2 Å². The van der Waals surface area contributed by atoms with Crippen molar-refractivity contribution < 1.29 is 38.1 Å². The fraction of sp³-hybridized carbons (Fsp3) is 0.440. The van der Waals surface area contributed by atoms with E-state index in [-0.39, 0.29) is 36.2 Å². The number of carbonyl (C=O) groups is 4. The predicted octanol–water partition coefficient (Wildman–Crippen LogP) is 9.68. The van der Waals surface area contributed by atoms with Crippen molar-refractivity contribution in [3.05, 3.63) is 139 Å². The number of esters is 2. The molecule has 2 unspecified atom stereocenters. The van der Waals surface area contributed by atoms with Crippen molar-refractivity contribution in [2.45, 2.75) is 61.9 Å². The summed E-state index contributed by atoms with van der Waals surface area (Å²) in [6.07, 6.45) is 2.83. The van der Waals surface area contributed by atoms with E-state index in [9.17, 15) is 19.2 Å². The Hall–Kier alpha value is -4.56. The van der Waals surface area contributed by atoms with Crippen molar-refractivity contribution in [1.29, 1.82) is 0 Å². The molecule has 4 aliphatic rings. The highest BCUT2D eigenvalue weighted by molar-refractivity contribution is 6.32. The summed E-state index contributed by atoms with van der Waals surface area (Å²) in [7, 11) is 3.47. The molecule has 4 aromatic carbocycles. The number of amides is 2. The van der Waals surface area contributed by atoms with E-state index in [1.54, 1.807) is 72.4 Å². The van der Waals surface area contributed by atoms with Gasteiger partial charge >= 0.3 is 24.1 Å². The van der Waals surface area contributed by atoms with E-state index in [1.807, 2.05) is 48.5 Å². The molecule has 0 N–H and O–H groups in total. The molecule has 0 radical (unpaired) electrons. The third-order valence-electron chi connectivity index (χ3n) is 13.7. The number of rotatable bonds is 14. The van der Waals surface area contributed by atoms with Crippen molar-refractivity contribution in [2.24, 2.45) is 11.8 Å². The average Bonchev–Trinajstić information content (AvgIpc) is 3.83. The number of likely N-dealkylation sites (tertiary alicyclic amines) is 2. The number of halogens is 4. The molecule has 0 spiro atoms. The maximum atomic E-state index is 15.0. The van der Waals surface area contributed by atoms with E-state index in [1.165, 1.54) is 0 Å². The summed E-state index contributed by atoms with van der Waals surface area (Å²) < 4.78 is 24.6. The van der Waals surface area contributed by atoms with Crippen LogP contribution in [0.15, 0.2) is 97.1 Å². The second-order valence-electron chi connectivity index (χ2n) is 17.9. The lowest BCUT2D eigenvalue weighted by Gasteiger charge is -2.46. The number of cyclic esters (lactones) is 2. The first-order valence-electron chi connectivity index (χ1n) is 22.5. The molecule has 12 nitrogen and oxygen atoms in total. The molecule has 0 aromatic heterocycles. The van der Waals surface area contributed by atoms with Gasteiger partial charge in [0, 0.05) is 81.4 Å². The summed E-state index contributed by atoms with van der Waals surface area (Å²) in [5, 5.41) is 2.00. The van der Waals surface area contributed by atoms with Gasteiger partial charge in [-0.05, 0) is 113 Å². The first-order valence-corrected chi connectivity index (χ1v) is 24.0. The first-order chi connectivity index (χ1) is 31.7. The number of ether oxygens (including phenoxy) is 4. The molecule has 4 aromatic rings. The molecule has 0 aliphatic carbocycles. The van der Waals surface area contributed by atoms with Crippen LogP contribution in [-0.4, -0.2) is 122 Å². The average molecular weight is 981 g/mol. The van der Waals surface area contributed by atoms with Crippen LogP contribution < -0.4 is 0 Å². The Balaban J connectivity index is 1.10. The number of likely N-dealkylation sites (N-methyl/N-ethyl adjacent to an activating group) is 2. The Labute approximate surface area is 405 Å². The van der Waals surface area contributed by atoms with Crippen LogP contribution in [0.1, 0.15) is 60.8 Å². The van der Waals surface area contributed by atoms with Gasteiger partial charge in [0.25, 0.3) is 0 Å². The molecule has 8 rings (SSSR count). The Bertz CT molecular complexity index is 2080. The van der Waals surface area contributed by atoms with Crippen LogP contribution in [0.2, 0.25) is 20.1 Å². The molecule has 2 atom stereocenters. The number of benzene rings is 4. The molecule has 0 bridgehead atoms. The monoisotopic (exact) mass is 978 g/mol. The molecule has 16 heteroatoms. The van der Waals surface area contributed by atoms with Gasteiger partial charge in [-0.2, -0.15) is 0 Å². The van der Waals surface area contributed by atoms with Gasteiger partial charge in [-0.1, -0.05) is 94.9 Å². The Morgan fingerprint density at radius 3 is 1.03 bits per heavy atom. The zero-order chi connectivity index (χ0) is 46.6. The summed E-state index contributed by atoms with van der Waals surface area (Å²) >= 11 is 25.9. The van der Waals surface area contributed by atoms with Gasteiger partial charge in [-0.3, -0.25) is 0 Å². The van der Waals surface area contributed by atoms with Crippen molar-refractivity contribution in [3.8, 4) is 0 Å². The highest BCUT2D eigenvalue weighted by atomic mass is 35.5. The molecule has 4 fully saturated rings. The highest BCUT2D eigenvalue weighted by Gasteiger charge is 2.52. The minimum absolute atomic E-state index is 0.179. The van der Waals surface area contributed by atoms with Gasteiger partial charge in [-0.15, -0.1) is 0 Å². The Kier molecular flexibility index (Phi) is 15.1. The molecule has 350 valence electrons. The van der Waals surface area contributed by atoms with Crippen LogP contribution in [0, 0.1) is 11.8 Å². The highest BCUT2D eigenvalue weighted by Crippen LogP contribution is 2.49. The molecular weight excluding hydrogens is 926 g/mol. The largest absolute Gasteiger partial charge is 0.444 e. The summed E-state index contributed by atoms with van der Waals surface area (Å²) in [5.41, 5.74) is -0.355. The maximum Gasteiger partial charge on any atom is 0.418 e. The standard InChI is InChI=1S/C50H54Cl4N4O8/c1-55-31-43(63-47(55)61)23-29-57-25-19-37(20-26-57)49(33-3-11-39(51)12-4-33,34-5-13-40(52)14-6-34)65-45(59)46(60)66-50(35-7-15-41(53)16-8-35,36-9-17-42(54)18-10-36)38-21-27-58(28-22-38)30-24-44-32-56(2)48(62)64-44/h3-18,37-38,43-44H,19-32H2,1-2H3. The van der Waals surface area contributed by atoms with Crippen molar-refractivity contribution in [1.82, 2.24) is 19.6 Å². The lowest BCUT2D eigenvalue weighted by atomic mass is 9.71. The Morgan fingerprint density at radius 1 is 0.515 bits per heavy atom. The van der Waals surface area contributed by atoms with E-state index in [4.69, 9.17) is 65.4 Å². The van der Waals surface area contributed by atoms with Gasteiger partial charge < -0.3 is 38.5 Å². The predicted molar refractivity (Wildman–Crippen MR) is 253 cm³/mol. The van der Waals surface area contributed by atoms with E-state index in [2.05, 4.69) is 9.80 Å². The van der Waals surface area contributed by atoms with Crippen LogP contribution in [0.3, 0.4) is 0 Å². The van der Waals surface area contributed by atoms with Gasteiger partial charge in [-0.25, -0.2) is 19.2 Å². The minimum atomic E-state index is -1.46. The van der Waals surface area contributed by atoms with E-state index >= 15 is 0 Å². The summed E-state index contributed by atoms with van der Waals surface area (Å²) in [6, 6.07) is 28.7. The second-order valence-corrected chi connectivity index (χ2v) is 19.6. The Morgan fingerprint density at radius 2 is 0.788 bits per heavy atom. The molecule has 66 heavy (non-hydrogen) atoms. The normalized spacial score (nSPS) is 20.3. The third-order valence-corrected chi connectivity index (χ3v) is 14.7. The first kappa shape index (κ1) is 47.9. The summed E-state index contributed by atoms with van der Waals surface area (Å²) in [6.45, 7) is 5.23. The van der Waals surface area contributed by atoms with E-state index in [0.29, 0.717) is 120 Å². The number of piperidine rings is 2. The summed E-state index contributed by atoms with van der Waals surface area (Å²) in [4.78, 5) is 61.9. The minimum Gasteiger partial charge on any atom is -0.444 e. The van der Waals surface area contributed by atoms with Crippen LogP contribution >= 0.6 is 46.4 Å². The number of carbonyl (C=O) groups excluding carboxylic acids is 4. The van der Waals surface area contributed by atoms with Crippen molar-refractivity contribution in [2.75, 3.05) is 66.5 Å². The van der Waals surface area contributed by atoms with Gasteiger partial charge in [0.05, 0.1) is 13.1 Å². The molecular formula is C50H54Cl4N4O8. The topological polar surface area (TPSA) is 118 Å². The fourth-order valence-corrected chi connectivity index (χ4v) is 10.7. The fourth-order valence-electron chi connectivity index (χ4n) is 10.2. The van der Waals surface area contributed by atoms with Crippen LogP contribution in [0.5, 0.6) is 0 Å². The van der Waals surface area contributed by atoms with Crippen LogP contribution in [0.25, 0.3) is 0 Å². The molecule has 4 aliphatic heterocycles. The van der Waals surface area contributed by atoms with Crippen LogP contribution in [-0.2, 0) is 39.7 Å². The van der Waals surface area contributed by atoms with Gasteiger partial charge in [0.1, 0.15) is 12.2 Å². The molecule has 2 amide bonds. The van der Waals surface area contributed by atoms with Crippen molar-refractivity contribution >= 4 is 70.5 Å². The van der Waals surface area contributed by atoms with E-state index in [0.717, 1.165) is 13.1 Å². The smallest absolute Gasteiger partial charge is 0.418 e. The van der Waals surface area contributed by atoms with Crippen LogP contribution in [0.4, 0.5) is 9.59 Å². The SMILES string of the molecule is CN1CC(CCN2CCC(C(OC(=O)C(=O)OC(c3ccc(Cl)cc3)(c3ccc(Cl)cc3)C3CCN(CCC4CN(C)C(=O)O4)CC3)(c3ccc(Cl)cc3)c3ccc(Cl)cc3)CC2)OC1=O. The number of hydrogen-bond acceptors (Lipinski definition) is 10. The lowest BCUT2D eigenvalue weighted by Crippen LogP contribution is -2.50. The van der Waals surface area contributed by atoms with E-state index < -0.39 is 23.1 Å². The molecule has 0 saturated carbocycles. The van der Waals surface area contributed by atoms with Crippen molar-refractivity contribution in [3.63, 3.8) is 0 Å². The third kappa shape index (κ3) is 10.4. The summed E-state index contributed by atoms with van der Waals surface area (Å²) in [5.74, 6) is -2.90. The molecule has 4 saturated heterocycles. The zero-order valence-electron chi connectivity index (χ0n) is 37.0.